The summed E-state index contributed by atoms with van der Waals surface area (Å²) in [6, 6.07) is 18.5. The number of fused-ring (bicyclic) bond motifs is 4. The van der Waals surface area contributed by atoms with Crippen molar-refractivity contribution in [1.29, 1.82) is 5.26 Å². The van der Waals surface area contributed by atoms with Crippen LogP contribution in [0, 0.1) is 11.3 Å². The number of imidazole rings is 1. The maximum Gasteiger partial charge on any atom is 0.339 e. The van der Waals surface area contributed by atoms with E-state index in [0.29, 0.717) is 17.1 Å². The quantitative estimate of drug-likeness (QED) is 0.125. The largest absolute Gasteiger partial charge is 0.378 e. The van der Waals surface area contributed by atoms with Gasteiger partial charge in [0, 0.05) is 11.6 Å². The summed E-state index contributed by atoms with van der Waals surface area (Å²) in [5, 5.41) is 13.5. The Labute approximate surface area is 266 Å². The van der Waals surface area contributed by atoms with Gasteiger partial charge in [-0.15, -0.1) is 0 Å². The molecular weight excluding hydrogens is 675 g/mol. The van der Waals surface area contributed by atoms with Crippen LogP contribution >= 0.6 is 0 Å². The number of hydrazone groups is 1. The summed E-state index contributed by atoms with van der Waals surface area (Å²) in [6.45, 7) is 1.44. The summed E-state index contributed by atoms with van der Waals surface area (Å²) in [7, 11) is -14.6. The van der Waals surface area contributed by atoms with Gasteiger partial charge in [0.05, 0.1) is 31.9 Å². The predicted octanol–water partition coefficient (Wildman–Crippen LogP) is 3.87. The standard InChI is InChI=1S/C29H19N5O10S3/c1-16-21(15-30)28-31-22-9-5-6-10-24(22)34(28)29(35)27(16)33-32-23-13-19(45(36,37)38)11-17-12-20(46(39,40)41)14-25(26(17)23)44-47(42,43)18-7-3-2-4-8-18/h2-14,32H,1H3,(H,36,37,38)(H,39,40,41)/b33-27+. The van der Waals surface area contributed by atoms with Crippen LogP contribution in [-0.2, 0) is 30.4 Å². The second-order valence-corrected chi connectivity index (χ2v) is 14.4. The first-order chi connectivity index (χ1) is 22.1. The lowest BCUT2D eigenvalue weighted by molar-refractivity contribution is 0.0992. The number of hydrogen-bond acceptors (Lipinski definition) is 12. The lowest BCUT2D eigenvalue weighted by Gasteiger charge is -2.18. The second kappa shape index (κ2) is 11.1. The minimum absolute atomic E-state index is 0.00802. The molecular formula is C29H19N5O10S3. The van der Waals surface area contributed by atoms with Crippen LogP contribution in [0.1, 0.15) is 17.5 Å². The number of anilines is 1. The zero-order valence-corrected chi connectivity index (χ0v) is 26.1. The van der Waals surface area contributed by atoms with Crippen molar-refractivity contribution >= 4 is 75.0 Å². The number of rotatable bonds is 7. The van der Waals surface area contributed by atoms with Gasteiger partial charge in [-0.05, 0) is 54.8 Å². The monoisotopic (exact) mass is 693 g/mol. The first kappa shape index (κ1) is 31.5. The van der Waals surface area contributed by atoms with Gasteiger partial charge in [0.25, 0.3) is 26.1 Å². The lowest BCUT2D eigenvalue weighted by Crippen LogP contribution is -2.30. The number of para-hydroxylation sites is 2. The number of allylic oxidation sites excluding steroid dienone is 2. The minimum atomic E-state index is -5.02. The Hall–Kier alpha value is -5.45. The topological polar surface area (TPSA) is 235 Å². The summed E-state index contributed by atoms with van der Waals surface area (Å²) in [6.07, 6.45) is 0. The van der Waals surface area contributed by atoms with Crippen molar-refractivity contribution in [3.05, 3.63) is 90.3 Å². The van der Waals surface area contributed by atoms with E-state index >= 15 is 0 Å². The van der Waals surface area contributed by atoms with Gasteiger partial charge < -0.3 is 4.18 Å². The highest BCUT2D eigenvalue weighted by molar-refractivity contribution is 7.87. The number of nitriles is 1. The number of hydrogen-bond donors (Lipinski definition) is 3. The molecule has 0 radical (unpaired) electrons. The third kappa shape index (κ3) is 5.62. The molecule has 0 saturated heterocycles. The number of aromatic nitrogens is 2. The van der Waals surface area contributed by atoms with E-state index in [1.165, 1.54) is 35.8 Å². The highest BCUT2D eigenvalue weighted by atomic mass is 32.2. The Bertz CT molecular complexity index is 2620. The third-order valence-electron chi connectivity index (χ3n) is 7.11. The van der Waals surface area contributed by atoms with Gasteiger partial charge >= 0.3 is 10.1 Å². The number of nitrogens with zero attached hydrogens (tertiary/aromatic N) is 4. The fourth-order valence-electron chi connectivity index (χ4n) is 4.96. The first-order valence-electron chi connectivity index (χ1n) is 13.1. The van der Waals surface area contributed by atoms with Crippen LogP contribution in [-0.4, -0.2) is 55.5 Å². The van der Waals surface area contributed by atoms with Gasteiger partial charge in [-0.3, -0.25) is 23.9 Å². The van der Waals surface area contributed by atoms with Gasteiger partial charge in [0.2, 0.25) is 0 Å². The first-order valence-corrected chi connectivity index (χ1v) is 17.4. The summed E-state index contributed by atoms with van der Waals surface area (Å²) < 4.78 is 101. The molecule has 0 amide bonds. The minimum Gasteiger partial charge on any atom is -0.378 e. The van der Waals surface area contributed by atoms with E-state index in [-0.39, 0.29) is 44.0 Å². The molecule has 0 fully saturated rings. The van der Waals surface area contributed by atoms with Crippen LogP contribution in [0.3, 0.4) is 0 Å². The number of benzene rings is 4. The number of carbonyl (C=O) groups excluding carboxylic acids is 1. The van der Waals surface area contributed by atoms with Crippen LogP contribution in [0.4, 0.5) is 5.69 Å². The van der Waals surface area contributed by atoms with E-state index in [1.54, 1.807) is 30.3 Å². The average molecular weight is 694 g/mol. The molecule has 2 heterocycles. The molecule has 0 unspecified atom stereocenters. The molecule has 5 aromatic rings. The second-order valence-electron chi connectivity index (χ2n) is 10.0. The Morgan fingerprint density at radius 1 is 0.872 bits per heavy atom. The van der Waals surface area contributed by atoms with Gasteiger partial charge in [-0.2, -0.15) is 35.6 Å². The van der Waals surface area contributed by atoms with Crippen molar-refractivity contribution in [1.82, 2.24) is 9.55 Å². The number of nitrogens with one attached hydrogen (secondary N) is 1. The summed E-state index contributed by atoms with van der Waals surface area (Å²) in [5.74, 6) is -1.33. The zero-order chi connectivity index (χ0) is 33.9. The molecule has 1 aliphatic heterocycles. The van der Waals surface area contributed by atoms with Gasteiger partial charge in [0.1, 0.15) is 16.5 Å². The molecule has 0 saturated carbocycles. The van der Waals surface area contributed by atoms with Gasteiger partial charge in [-0.1, -0.05) is 30.3 Å². The van der Waals surface area contributed by atoms with E-state index in [2.05, 4.69) is 15.5 Å². The fourth-order valence-corrected chi connectivity index (χ4v) is 6.99. The Balaban J connectivity index is 1.59. The normalized spacial score (nSPS) is 14.8. The molecule has 47 heavy (non-hydrogen) atoms. The van der Waals surface area contributed by atoms with E-state index in [9.17, 15) is 44.4 Å². The van der Waals surface area contributed by atoms with Crippen molar-refractivity contribution in [2.24, 2.45) is 5.10 Å². The van der Waals surface area contributed by atoms with Crippen LogP contribution in [0.15, 0.2) is 104 Å². The molecule has 0 aliphatic carbocycles. The van der Waals surface area contributed by atoms with Crippen LogP contribution in [0.25, 0.3) is 27.4 Å². The molecule has 6 rings (SSSR count). The van der Waals surface area contributed by atoms with Crippen LogP contribution in [0.5, 0.6) is 5.75 Å². The van der Waals surface area contributed by atoms with Gasteiger partial charge in [-0.25, -0.2) is 4.98 Å². The average Bonchev–Trinajstić information content (AvgIpc) is 3.39. The summed E-state index contributed by atoms with van der Waals surface area (Å²) in [5.41, 5.74) is 2.72. The van der Waals surface area contributed by atoms with Crippen molar-refractivity contribution in [2.75, 3.05) is 5.43 Å². The zero-order valence-electron chi connectivity index (χ0n) is 23.7. The maximum atomic E-state index is 13.7. The third-order valence-corrected chi connectivity index (χ3v) is 10.0. The number of carbonyl (C=O) groups is 1. The fraction of sp³-hybridized carbons (Fsp3) is 0.0345. The lowest BCUT2D eigenvalue weighted by atomic mass is 10.0. The SMILES string of the molecule is CC1=C(C#N)c2nc3ccccc3n2C(=O)/C1=N/Nc1cc(S(=O)(=O)O)cc2cc(S(=O)(=O)O)cc(OS(=O)(=O)c3ccccc3)c12. The molecule has 18 heteroatoms. The molecule has 0 atom stereocenters. The Morgan fingerprint density at radius 3 is 2.13 bits per heavy atom. The smallest absolute Gasteiger partial charge is 0.339 e. The molecule has 238 valence electrons. The summed E-state index contributed by atoms with van der Waals surface area (Å²) >= 11 is 0. The molecule has 0 spiro atoms. The molecule has 1 aromatic heterocycles. The van der Waals surface area contributed by atoms with E-state index < -0.39 is 51.8 Å². The van der Waals surface area contributed by atoms with Crippen LogP contribution < -0.4 is 9.61 Å². The van der Waals surface area contributed by atoms with Crippen molar-refractivity contribution in [3.8, 4) is 11.8 Å². The maximum absolute atomic E-state index is 13.7. The van der Waals surface area contributed by atoms with E-state index in [4.69, 9.17) is 4.18 Å². The van der Waals surface area contributed by atoms with Gasteiger partial charge in [0.15, 0.2) is 17.3 Å². The predicted molar refractivity (Wildman–Crippen MR) is 167 cm³/mol. The van der Waals surface area contributed by atoms with Crippen molar-refractivity contribution in [3.63, 3.8) is 0 Å². The van der Waals surface area contributed by atoms with E-state index in [1.807, 2.05) is 6.07 Å². The Morgan fingerprint density at radius 2 is 1.49 bits per heavy atom. The molecule has 4 aromatic carbocycles. The van der Waals surface area contributed by atoms with E-state index in [0.717, 1.165) is 18.2 Å². The molecule has 3 N–H and O–H groups in total. The highest BCUT2D eigenvalue weighted by Crippen LogP contribution is 2.39. The van der Waals surface area contributed by atoms with Crippen molar-refractivity contribution < 1.29 is 43.3 Å². The highest BCUT2D eigenvalue weighted by Gasteiger charge is 2.32. The molecule has 1 aliphatic rings. The van der Waals surface area contributed by atoms with Crippen LogP contribution in [0.2, 0.25) is 0 Å². The van der Waals surface area contributed by atoms with Crippen molar-refractivity contribution in [2.45, 2.75) is 21.6 Å². The Kier molecular flexibility index (Phi) is 7.45. The molecule has 0 bridgehead atoms. The summed E-state index contributed by atoms with van der Waals surface area (Å²) in [4.78, 5) is 16.1. The molecule has 15 nitrogen and oxygen atoms in total.